The van der Waals surface area contributed by atoms with Gasteiger partial charge in [0, 0.05) is 11.6 Å². The fraction of sp³-hybridized carbons (Fsp3) is 0.154. The highest BCUT2D eigenvalue weighted by Crippen LogP contribution is 2.33. The predicted molar refractivity (Wildman–Crippen MR) is 77.9 cm³/mol. The minimum atomic E-state index is -0.372. The van der Waals surface area contributed by atoms with E-state index >= 15 is 0 Å². The molecule has 0 unspecified atom stereocenters. The van der Waals surface area contributed by atoms with Gasteiger partial charge in [0.05, 0.1) is 0 Å². The molecule has 0 bridgehead atoms. The van der Waals surface area contributed by atoms with Gasteiger partial charge in [-0.2, -0.15) is 4.98 Å². The second kappa shape index (κ2) is 5.45. The summed E-state index contributed by atoms with van der Waals surface area (Å²) in [6.07, 6.45) is 0. The van der Waals surface area contributed by atoms with Gasteiger partial charge in [-0.3, -0.25) is 15.6 Å². The molecule has 1 aromatic carbocycles. The Hall–Kier alpha value is -2.54. The summed E-state index contributed by atoms with van der Waals surface area (Å²) in [5, 5.41) is 0.189. The monoisotopic (exact) mass is 305 g/mol. The Morgan fingerprint density at radius 1 is 1.38 bits per heavy atom. The molecule has 0 fully saturated rings. The summed E-state index contributed by atoms with van der Waals surface area (Å²) in [6, 6.07) is 8.89. The maximum atomic E-state index is 12.2. The number of anilines is 2. The van der Waals surface area contributed by atoms with E-state index in [1.54, 1.807) is 0 Å². The highest BCUT2D eigenvalue weighted by Gasteiger charge is 2.29. The maximum absolute atomic E-state index is 12.2. The quantitative estimate of drug-likeness (QED) is 0.584. The summed E-state index contributed by atoms with van der Waals surface area (Å²) in [4.78, 5) is 19.8. The lowest BCUT2D eigenvalue weighted by Gasteiger charge is -2.12. The molecule has 1 aliphatic heterocycles. The molecule has 1 atom stereocenters. The second-order valence-corrected chi connectivity index (χ2v) is 4.84. The lowest BCUT2D eigenvalue weighted by Crippen LogP contribution is -2.35. The van der Waals surface area contributed by atoms with Gasteiger partial charge in [-0.15, -0.1) is 0 Å². The van der Waals surface area contributed by atoms with E-state index < -0.39 is 0 Å². The number of para-hydroxylation sites is 1. The van der Waals surface area contributed by atoms with Gasteiger partial charge in [0.2, 0.25) is 11.9 Å². The summed E-state index contributed by atoms with van der Waals surface area (Å²) in [6.45, 7) is 0.305. The van der Waals surface area contributed by atoms with Crippen LogP contribution in [0, 0.1) is 0 Å². The Morgan fingerprint density at radius 3 is 3.00 bits per heavy atom. The number of hydrazine groups is 1. The van der Waals surface area contributed by atoms with Crippen LogP contribution in [0.15, 0.2) is 30.3 Å². The molecule has 2 heterocycles. The Bertz CT molecular complexity index is 674. The standard InChI is InChI=1S/C13H12ClN5O2/c14-10-5-11(17-13(15)16-10)18-19-12(20)8-6-21-9-4-2-1-3-7(8)9/h1-5,8H,6H2,(H,19,20)(H3,15,16,17,18)/t8-/m0/s1. The predicted octanol–water partition coefficient (Wildman–Crippen LogP) is 1.33. The van der Waals surface area contributed by atoms with Crippen molar-refractivity contribution in [1.29, 1.82) is 0 Å². The van der Waals surface area contributed by atoms with Crippen LogP contribution in [-0.2, 0) is 4.79 Å². The SMILES string of the molecule is Nc1nc(Cl)cc(NNC(=O)[C@H]2COc3ccccc32)n1. The summed E-state index contributed by atoms with van der Waals surface area (Å²) >= 11 is 5.76. The minimum Gasteiger partial charge on any atom is -0.492 e. The lowest BCUT2D eigenvalue weighted by atomic mass is 10.0. The van der Waals surface area contributed by atoms with E-state index in [0.717, 1.165) is 11.3 Å². The van der Waals surface area contributed by atoms with Crippen LogP contribution in [0.2, 0.25) is 5.15 Å². The van der Waals surface area contributed by atoms with Crippen molar-refractivity contribution in [2.75, 3.05) is 17.8 Å². The fourth-order valence-corrected chi connectivity index (χ4v) is 2.28. The first kappa shape index (κ1) is 13.4. The fourth-order valence-electron chi connectivity index (χ4n) is 2.09. The zero-order chi connectivity index (χ0) is 14.8. The molecule has 3 rings (SSSR count). The van der Waals surface area contributed by atoms with Gasteiger partial charge in [-0.05, 0) is 6.07 Å². The molecule has 0 saturated carbocycles. The molecule has 8 heteroatoms. The van der Waals surface area contributed by atoms with Crippen LogP contribution in [0.4, 0.5) is 11.8 Å². The third kappa shape index (κ3) is 2.82. The van der Waals surface area contributed by atoms with Gasteiger partial charge < -0.3 is 10.5 Å². The Morgan fingerprint density at radius 2 is 2.19 bits per heavy atom. The molecule has 0 saturated heterocycles. The summed E-state index contributed by atoms with van der Waals surface area (Å²) in [7, 11) is 0. The van der Waals surface area contributed by atoms with Crippen molar-refractivity contribution in [2.45, 2.75) is 5.92 Å². The van der Waals surface area contributed by atoms with Crippen molar-refractivity contribution >= 4 is 29.3 Å². The number of carbonyl (C=O) groups is 1. The van der Waals surface area contributed by atoms with Crippen molar-refractivity contribution < 1.29 is 9.53 Å². The molecule has 1 aliphatic rings. The summed E-state index contributed by atoms with van der Waals surface area (Å²) < 4.78 is 5.47. The molecule has 2 aromatic rings. The minimum absolute atomic E-state index is 0.0220. The van der Waals surface area contributed by atoms with Gasteiger partial charge in [0.15, 0.2) is 5.82 Å². The second-order valence-electron chi connectivity index (χ2n) is 4.45. The van der Waals surface area contributed by atoms with Gasteiger partial charge in [-0.25, -0.2) is 4.98 Å². The molecule has 21 heavy (non-hydrogen) atoms. The van der Waals surface area contributed by atoms with E-state index in [2.05, 4.69) is 20.8 Å². The average Bonchev–Trinajstić information content (AvgIpc) is 2.88. The molecule has 7 nitrogen and oxygen atoms in total. The first-order valence-corrected chi connectivity index (χ1v) is 6.59. The number of ether oxygens (including phenoxy) is 1. The molecule has 4 N–H and O–H groups in total. The molecular formula is C13H12ClN5O2. The zero-order valence-corrected chi connectivity index (χ0v) is 11.6. The Labute approximate surface area is 125 Å². The van der Waals surface area contributed by atoms with Crippen molar-refractivity contribution in [3.05, 3.63) is 41.0 Å². The van der Waals surface area contributed by atoms with Crippen LogP contribution in [0.25, 0.3) is 0 Å². The number of carbonyl (C=O) groups excluding carboxylic acids is 1. The Kier molecular flexibility index (Phi) is 3.49. The van der Waals surface area contributed by atoms with E-state index in [9.17, 15) is 4.79 Å². The van der Waals surface area contributed by atoms with E-state index in [-0.39, 0.29) is 22.9 Å². The van der Waals surface area contributed by atoms with Crippen LogP contribution in [0.3, 0.4) is 0 Å². The number of hydrogen-bond donors (Lipinski definition) is 3. The smallest absolute Gasteiger partial charge is 0.249 e. The van der Waals surface area contributed by atoms with Crippen LogP contribution in [-0.4, -0.2) is 22.5 Å². The van der Waals surface area contributed by atoms with Gasteiger partial charge in [0.25, 0.3) is 0 Å². The number of nitrogens with zero attached hydrogens (tertiary/aromatic N) is 2. The number of nitrogens with one attached hydrogen (secondary N) is 2. The number of nitrogen functional groups attached to an aromatic ring is 1. The number of nitrogens with two attached hydrogens (primary N) is 1. The number of rotatable bonds is 3. The molecule has 108 valence electrons. The molecule has 1 aromatic heterocycles. The lowest BCUT2D eigenvalue weighted by molar-refractivity contribution is -0.122. The topological polar surface area (TPSA) is 102 Å². The third-order valence-corrected chi connectivity index (χ3v) is 3.24. The number of amides is 1. The molecular weight excluding hydrogens is 294 g/mol. The number of fused-ring (bicyclic) bond motifs is 1. The van der Waals surface area contributed by atoms with Crippen molar-refractivity contribution in [3.8, 4) is 5.75 Å². The average molecular weight is 306 g/mol. The molecule has 0 radical (unpaired) electrons. The molecule has 0 spiro atoms. The van der Waals surface area contributed by atoms with Crippen molar-refractivity contribution in [3.63, 3.8) is 0 Å². The number of aromatic nitrogens is 2. The normalized spacial score (nSPS) is 16.0. The van der Waals surface area contributed by atoms with Crippen LogP contribution in [0.1, 0.15) is 11.5 Å². The maximum Gasteiger partial charge on any atom is 0.249 e. The summed E-state index contributed by atoms with van der Waals surface area (Å²) in [5.74, 6) is 0.463. The number of benzene rings is 1. The zero-order valence-electron chi connectivity index (χ0n) is 10.8. The first-order chi connectivity index (χ1) is 10.1. The van der Waals surface area contributed by atoms with E-state index in [0.29, 0.717) is 12.4 Å². The van der Waals surface area contributed by atoms with Crippen LogP contribution >= 0.6 is 11.6 Å². The highest BCUT2D eigenvalue weighted by atomic mass is 35.5. The van der Waals surface area contributed by atoms with Crippen molar-refractivity contribution in [2.24, 2.45) is 0 Å². The van der Waals surface area contributed by atoms with Gasteiger partial charge in [0.1, 0.15) is 23.4 Å². The first-order valence-electron chi connectivity index (χ1n) is 6.21. The van der Waals surface area contributed by atoms with Crippen LogP contribution in [0.5, 0.6) is 5.75 Å². The number of halogens is 1. The number of hydrogen-bond acceptors (Lipinski definition) is 6. The molecule has 0 aliphatic carbocycles. The Balaban J connectivity index is 1.68. The molecule has 1 amide bonds. The van der Waals surface area contributed by atoms with Gasteiger partial charge >= 0.3 is 0 Å². The summed E-state index contributed by atoms with van der Waals surface area (Å²) in [5.41, 5.74) is 11.6. The largest absolute Gasteiger partial charge is 0.492 e. The third-order valence-electron chi connectivity index (χ3n) is 3.04. The van der Waals surface area contributed by atoms with E-state index in [1.807, 2.05) is 24.3 Å². The van der Waals surface area contributed by atoms with E-state index in [4.69, 9.17) is 22.1 Å². The van der Waals surface area contributed by atoms with Gasteiger partial charge in [-0.1, -0.05) is 29.8 Å². The van der Waals surface area contributed by atoms with Crippen molar-refractivity contribution in [1.82, 2.24) is 15.4 Å². The highest BCUT2D eigenvalue weighted by molar-refractivity contribution is 6.29. The van der Waals surface area contributed by atoms with Crippen LogP contribution < -0.4 is 21.3 Å². The van der Waals surface area contributed by atoms with E-state index in [1.165, 1.54) is 6.07 Å².